The zero-order chi connectivity index (χ0) is 15.8. The topological polar surface area (TPSA) is 79.7 Å². The molecule has 1 aromatic carbocycles. The summed E-state index contributed by atoms with van der Waals surface area (Å²) in [5, 5.41) is 11.4. The van der Waals surface area contributed by atoms with Gasteiger partial charge >= 0.3 is 0 Å². The minimum absolute atomic E-state index is 0.00218. The smallest absolute Gasteiger partial charge is 0.256 e. The summed E-state index contributed by atoms with van der Waals surface area (Å²) < 4.78 is 1.62. The van der Waals surface area contributed by atoms with Gasteiger partial charge < -0.3 is 4.90 Å². The number of hydrogen-bond donors (Lipinski definition) is 1. The first kappa shape index (κ1) is 13.7. The molecule has 0 atom stereocenters. The Morgan fingerprint density at radius 1 is 1.30 bits per heavy atom. The number of aryl methyl sites for hydroxylation is 1. The van der Waals surface area contributed by atoms with Crippen LogP contribution >= 0.6 is 0 Å². The van der Waals surface area contributed by atoms with Crippen LogP contribution in [-0.2, 0) is 13.0 Å². The van der Waals surface area contributed by atoms with E-state index in [9.17, 15) is 4.79 Å². The van der Waals surface area contributed by atoms with Crippen LogP contribution in [0.1, 0.15) is 27.3 Å². The van der Waals surface area contributed by atoms with E-state index in [0.29, 0.717) is 18.7 Å². The number of H-pyrrole nitrogens is 1. The van der Waals surface area contributed by atoms with Crippen LogP contribution in [0.3, 0.4) is 0 Å². The summed E-state index contributed by atoms with van der Waals surface area (Å²) in [4.78, 5) is 18.8. The number of hydrogen-bond acceptors (Lipinski definition) is 4. The first-order chi connectivity index (χ1) is 11.2. The summed E-state index contributed by atoms with van der Waals surface area (Å²) in [7, 11) is 0. The SMILES string of the molecule is Cc1[nH]nc2c1CN(C(=O)c1ccccc1-n1cncn1)CC2. The lowest BCUT2D eigenvalue weighted by atomic mass is 10.0. The molecule has 4 rings (SSSR count). The predicted octanol–water partition coefficient (Wildman–Crippen LogP) is 1.50. The Labute approximate surface area is 133 Å². The van der Waals surface area contributed by atoms with Gasteiger partial charge in [0, 0.05) is 30.8 Å². The molecule has 0 saturated heterocycles. The molecule has 7 heteroatoms. The summed E-state index contributed by atoms with van der Waals surface area (Å²) in [5.74, 6) is 0.00218. The highest BCUT2D eigenvalue weighted by Gasteiger charge is 2.26. The van der Waals surface area contributed by atoms with E-state index in [-0.39, 0.29) is 5.91 Å². The molecule has 3 heterocycles. The van der Waals surface area contributed by atoms with E-state index in [2.05, 4.69) is 20.3 Å². The van der Waals surface area contributed by atoms with E-state index in [4.69, 9.17) is 0 Å². The lowest BCUT2D eigenvalue weighted by molar-refractivity contribution is 0.0734. The summed E-state index contributed by atoms with van der Waals surface area (Å²) in [6.45, 7) is 3.24. The summed E-state index contributed by atoms with van der Waals surface area (Å²) in [6.07, 6.45) is 3.83. The standard InChI is InChI=1S/C16H16N6O/c1-11-13-8-21(7-6-14(13)20-19-11)16(23)12-4-2-3-5-15(12)22-10-17-9-18-22/h2-5,9-10H,6-8H2,1H3,(H,19,20). The van der Waals surface area contributed by atoms with Gasteiger partial charge in [-0.15, -0.1) is 0 Å². The Balaban J connectivity index is 1.67. The molecule has 7 nitrogen and oxygen atoms in total. The number of rotatable bonds is 2. The molecule has 0 saturated carbocycles. The van der Waals surface area contributed by atoms with Crippen LogP contribution in [-0.4, -0.2) is 42.3 Å². The van der Waals surface area contributed by atoms with Crippen molar-refractivity contribution in [2.45, 2.75) is 19.9 Å². The van der Waals surface area contributed by atoms with Crippen LogP contribution in [0.2, 0.25) is 0 Å². The Morgan fingerprint density at radius 3 is 3.00 bits per heavy atom. The van der Waals surface area contributed by atoms with Crippen molar-refractivity contribution >= 4 is 5.91 Å². The zero-order valence-electron chi connectivity index (χ0n) is 12.7. The number of aromatic nitrogens is 5. The van der Waals surface area contributed by atoms with Gasteiger partial charge in [-0.3, -0.25) is 9.89 Å². The fraction of sp³-hybridized carbons (Fsp3) is 0.250. The van der Waals surface area contributed by atoms with E-state index in [1.54, 1.807) is 11.0 Å². The molecule has 0 radical (unpaired) electrons. The van der Waals surface area contributed by atoms with Crippen molar-refractivity contribution in [1.29, 1.82) is 0 Å². The number of carbonyl (C=O) groups excluding carboxylic acids is 1. The fourth-order valence-corrected chi connectivity index (χ4v) is 2.96. The number of fused-ring (bicyclic) bond motifs is 1. The quantitative estimate of drug-likeness (QED) is 0.778. The van der Waals surface area contributed by atoms with Crippen molar-refractivity contribution in [2.24, 2.45) is 0 Å². The number of benzene rings is 1. The number of nitrogens with zero attached hydrogens (tertiary/aromatic N) is 5. The van der Waals surface area contributed by atoms with E-state index in [1.807, 2.05) is 36.1 Å². The van der Waals surface area contributed by atoms with Gasteiger partial charge in [0.15, 0.2) is 0 Å². The summed E-state index contributed by atoms with van der Waals surface area (Å²) >= 11 is 0. The second kappa shape index (κ2) is 5.35. The maximum atomic E-state index is 13.0. The van der Waals surface area contributed by atoms with Crippen molar-refractivity contribution in [3.8, 4) is 5.69 Å². The third-order valence-electron chi connectivity index (χ3n) is 4.21. The molecule has 0 fully saturated rings. The van der Waals surface area contributed by atoms with Gasteiger partial charge in [0.2, 0.25) is 0 Å². The first-order valence-corrected chi connectivity index (χ1v) is 7.50. The van der Waals surface area contributed by atoms with E-state index < -0.39 is 0 Å². The highest BCUT2D eigenvalue weighted by molar-refractivity contribution is 5.97. The molecule has 0 bridgehead atoms. The molecule has 0 unspecified atom stereocenters. The van der Waals surface area contributed by atoms with E-state index in [1.165, 1.54) is 6.33 Å². The minimum atomic E-state index is 0.00218. The minimum Gasteiger partial charge on any atom is -0.334 e. The van der Waals surface area contributed by atoms with Gasteiger partial charge in [-0.2, -0.15) is 10.2 Å². The van der Waals surface area contributed by atoms with Crippen LogP contribution in [0.15, 0.2) is 36.9 Å². The van der Waals surface area contributed by atoms with Crippen molar-refractivity contribution in [1.82, 2.24) is 29.9 Å². The molecular formula is C16H16N6O. The molecule has 1 aliphatic rings. The summed E-state index contributed by atoms with van der Waals surface area (Å²) in [5.41, 5.74) is 4.59. The highest BCUT2D eigenvalue weighted by Crippen LogP contribution is 2.23. The van der Waals surface area contributed by atoms with Crippen molar-refractivity contribution < 1.29 is 4.79 Å². The lowest BCUT2D eigenvalue weighted by Gasteiger charge is -2.27. The molecule has 116 valence electrons. The Bertz CT molecular complexity index is 851. The second-order valence-corrected chi connectivity index (χ2v) is 5.61. The third kappa shape index (κ3) is 2.30. The second-order valence-electron chi connectivity index (χ2n) is 5.61. The Hall–Kier alpha value is -2.96. The van der Waals surface area contributed by atoms with Crippen molar-refractivity contribution in [3.05, 3.63) is 59.4 Å². The first-order valence-electron chi connectivity index (χ1n) is 7.50. The zero-order valence-corrected chi connectivity index (χ0v) is 12.7. The largest absolute Gasteiger partial charge is 0.334 e. The van der Waals surface area contributed by atoms with E-state index in [0.717, 1.165) is 29.1 Å². The monoisotopic (exact) mass is 308 g/mol. The number of para-hydroxylation sites is 1. The number of amides is 1. The summed E-state index contributed by atoms with van der Waals surface area (Å²) in [6, 6.07) is 7.46. The normalized spacial score (nSPS) is 13.9. The molecule has 1 N–H and O–H groups in total. The number of aromatic amines is 1. The van der Waals surface area contributed by atoms with Crippen LogP contribution in [0.5, 0.6) is 0 Å². The molecular weight excluding hydrogens is 292 g/mol. The highest BCUT2D eigenvalue weighted by atomic mass is 16.2. The number of nitrogens with one attached hydrogen (secondary N) is 1. The molecule has 2 aromatic heterocycles. The fourth-order valence-electron chi connectivity index (χ4n) is 2.96. The average molecular weight is 308 g/mol. The van der Waals surface area contributed by atoms with Gasteiger partial charge in [0.05, 0.1) is 16.9 Å². The maximum absolute atomic E-state index is 13.0. The molecule has 0 spiro atoms. The third-order valence-corrected chi connectivity index (χ3v) is 4.21. The number of carbonyl (C=O) groups is 1. The molecule has 0 aliphatic carbocycles. The maximum Gasteiger partial charge on any atom is 0.256 e. The van der Waals surface area contributed by atoms with Crippen LogP contribution in [0.25, 0.3) is 5.69 Å². The van der Waals surface area contributed by atoms with Gasteiger partial charge in [-0.1, -0.05) is 12.1 Å². The lowest BCUT2D eigenvalue weighted by Crippen LogP contribution is -2.36. The average Bonchev–Trinajstić information content (AvgIpc) is 3.24. The van der Waals surface area contributed by atoms with Gasteiger partial charge in [-0.05, 0) is 19.1 Å². The van der Waals surface area contributed by atoms with Gasteiger partial charge in [0.1, 0.15) is 12.7 Å². The molecule has 1 aliphatic heterocycles. The van der Waals surface area contributed by atoms with Crippen molar-refractivity contribution in [2.75, 3.05) is 6.54 Å². The van der Waals surface area contributed by atoms with Crippen LogP contribution in [0.4, 0.5) is 0 Å². The van der Waals surface area contributed by atoms with E-state index >= 15 is 0 Å². The molecule has 1 amide bonds. The van der Waals surface area contributed by atoms with Crippen molar-refractivity contribution in [3.63, 3.8) is 0 Å². The Morgan fingerprint density at radius 2 is 2.17 bits per heavy atom. The Kier molecular flexibility index (Phi) is 3.18. The predicted molar refractivity (Wildman–Crippen MR) is 83.1 cm³/mol. The van der Waals surface area contributed by atoms with Crippen LogP contribution in [0, 0.1) is 6.92 Å². The van der Waals surface area contributed by atoms with Gasteiger partial charge in [0.25, 0.3) is 5.91 Å². The van der Waals surface area contributed by atoms with Crippen LogP contribution < -0.4 is 0 Å². The van der Waals surface area contributed by atoms with Gasteiger partial charge in [-0.25, -0.2) is 9.67 Å². The molecule has 3 aromatic rings. The molecule has 23 heavy (non-hydrogen) atoms.